The number of piperazine rings is 1. The molecule has 1 aliphatic heterocycles. The molecule has 1 aliphatic rings. The highest BCUT2D eigenvalue weighted by molar-refractivity contribution is 7.91. The normalized spacial score (nSPS) is 19.4. The van der Waals surface area contributed by atoms with Gasteiger partial charge in [-0.2, -0.15) is 4.31 Å². The molecule has 0 bridgehead atoms. The summed E-state index contributed by atoms with van der Waals surface area (Å²) in [6.45, 7) is 9.51. The minimum Gasteiger partial charge on any atom is -0.386 e. The molecule has 7 heteroatoms. The molecule has 0 radical (unpaired) electrons. The predicted octanol–water partition coefficient (Wildman–Crippen LogP) is 3.90. The Morgan fingerprint density at radius 2 is 1.86 bits per heavy atom. The van der Waals surface area contributed by atoms with E-state index in [9.17, 15) is 13.5 Å². The van der Waals surface area contributed by atoms with Gasteiger partial charge >= 0.3 is 0 Å². The number of anilines is 1. The van der Waals surface area contributed by atoms with Crippen molar-refractivity contribution in [1.29, 1.82) is 0 Å². The molecule has 1 N–H and O–H groups in total. The van der Waals surface area contributed by atoms with Crippen LogP contribution in [0.25, 0.3) is 0 Å². The van der Waals surface area contributed by atoms with Crippen molar-refractivity contribution in [2.24, 2.45) is 5.92 Å². The number of thiophene rings is 1. The first kappa shape index (κ1) is 21.3. The second-order valence-electron chi connectivity index (χ2n) is 8.38. The molecule has 5 nitrogen and oxygen atoms in total. The molecule has 1 unspecified atom stereocenters. The molecule has 0 amide bonds. The summed E-state index contributed by atoms with van der Waals surface area (Å²) >= 11 is 1.27. The number of hydrogen-bond acceptors (Lipinski definition) is 5. The molecule has 2 aromatic rings. The first-order valence-corrected chi connectivity index (χ1v) is 12.0. The summed E-state index contributed by atoms with van der Waals surface area (Å²) in [4.78, 5) is 2.31. The van der Waals surface area contributed by atoms with Gasteiger partial charge in [0.2, 0.25) is 0 Å². The zero-order chi connectivity index (χ0) is 20.5. The largest absolute Gasteiger partial charge is 0.386 e. The predicted molar refractivity (Wildman–Crippen MR) is 115 cm³/mol. The van der Waals surface area contributed by atoms with Crippen LogP contribution in [0.2, 0.25) is 0 Å². The molecule has 0 spiro atoms. The van der Waals surface area contributed by atoms with Gasteiger partial charge in [-0.05, 0) is 55.3 Å². The Bertz CT molecular complexity index is 869. The summed E-state index contributed by atoms with van der Waals surface area (Å²) in [5.74, 6) is 0.465. The van der Waals surface area contributed by atoms with Gasteiger partial charge < -0.3 is 10.0 Å². The highest BCUT2D eigenvalue weighted by Gasteiger charge is 2.35. The average molecular weight is 423 g/mol. The van der Waals surface area contributed by atoms with Crippen molar-refractivity contribution >= 4 is 27.0 Å². The number of aliphatic hydroxyl groups is 1. The van der Waals surface area contributed by atoms with Crippen molar-refractivity contribution in [3.63, 3.8) is 0 Å². The Labute approximate surface area is 172 Å². The molecule has 1 aromatic heterocycles. The van der Waals surface area contributed by atoms with Crippen molar-refractivity contribution in [2.75, 3.05) is 24.5 Å². The standard InChI is InChI=1S/C21H30N2O3S2/c1-16(2)14-19-15-22(28(25,26)20-6-5-13-27-20)11-12-23(19)18-9-7-17(8-10-18)21(3,4)24/h5-10,13,16,19,24H,11-12,14-15H2,1-4H3. The van der Waals surface area contributed by atoms with E-state index in [2.05, 4.69) is 18.7 Å². The molecule has 3 rings (SSSR count). The third-order valence-electron chi connectivity index (χ3n) is 5.18. The van der Waals surface area contributed by atoms with E-state index in [-0.39, 0.29) is 6.04 Å². The maximum absolute atomic E-state index is 13.0. The third kappa shape index (κ3) is 4.59. The molecule has 1 saturated heterocycles. The highest BCUT2D eigenvalue weighted by atomic mass is 32.2. The molecular weight excluding hydrogens is 392 g/mol. The van der Waals surface area contributed by atoms with Crippen LogP contribution in [0.3, 0.4) is 0 Å². The fourth-order valence-electron chi connectivity index (χ4n) is 3.73. The van der Waals surface area contributed by atoms with E-state index in [0.717, 1.165) is 17.7 Å². The first-order chi connectivity index (χ1) is 13.1. The van der Waals surface area contributed by atoms with Gasteiger partial charge in [0.25, 0.3) is 10.0 Å². The zero-order valence-corrected chi connectivity index (χ0v) is 18.6. The van der Waals surface area contributed by atoms with Crippen molar-refractivity contribution < 1.29 is 13.5 Å². The van der Waals surface area contributed by atoms with Gasteiger partial charge in [0.1, 0.15) is 4.21 Å². The van der Waals surface area contributed by atoms with Crippen LogP contribution in [0.15, 0.2) is 46.0 Å². The van der Waals surface area contributed by atoms with E-state index < -0.39 is 15.6 Å². The summed E-state index contributed by atoms with van der Waals surface area (Å²) in [6.07, 6.45) is 0.920. The summed E-state index contributed by atoms with van der Waals surface area (Å²) in [7, 11) is -3.43. The number of sulfonamides is 1. The van der Waals surface area contributed by atoms with Crippen LogP contribution in [0.5, 0.6) is 0 Å². The summed E-state index contributed by atoms with van der Waals surface area (Å²) in [6, 6.07) is 11.6. The summed E-state index contributed by atoms with van der Waals surface area (Å²) in [5, 5.41) is 12.0. The number of rotatable bonds is 6. The average Bonchev–Trinajstić information content (AvgIpc) is 3.16. The van der Waals surface area contributed by atoms with Crippen LogP contribution in [-0.2, 0) is 15.6 Å². The van der Waals surface area contributed by atoms with Gasteiger partial charge in [-0.3, -0.25) is 0 Å². The maximum atomic E-state index is 13.0. The molecule has 1 aromatic carbocycles. The SMILES string of the molecule is CC(C)CC1CN(S(=O)(=O)c2cccs2)CCN1c1ccc(C(C)(C)O)cc1. The van der Waals surface area contributed by atoms with Gasteiger partial charge in [-0.1, -0.05) is 32.0 Å². The first-order valence-electron chi connectivity index (χ1n) is 9.72. The van der Waals surface area contributed by atoms with E-state index in [1.807, 2.05) is 24.3 Å². The number of nitrogens with zero attached hydrogens (tertiary/aromatic N) is 2. The Kier molecular flexibility index (Phi) is 6.20. The Balaban J connectivity index is 1.83. The van der Waals surface area contributed by atoms with Crippen LogP contribution >= 0.6 is 11.3 Å². The van der Waals surface area contributed by atoms with Gasteiger partial charge in [0, 0.05) is 31.4 Å². The Morgan fingerprint density at radius 1 is 1.18 bits per heavy atom. The fraction of sp³-hybridized carbons (Fsp3) is 0.524. The second-order valence-corrected chi connectivity index (χ2v) is 11.5. The third-order valence-corrected chi connectivity index (χ3v) is 8.42. The van der Waals surface area contributed by atoms with Gasteiger partial charge in [-0.15, -0.1) is 11.3 Å². The molecule has 0 saturated carbocycles. The number of hydrogen-bond donors (Lipinski definition) is 1. The van der Waals surface area contributed by atoms with Crippen LogP contribution in [0.4, 0.5) is 5.69 Å². The van der Waals surface area contributed by atoms with Crippen LogP contribution in [-0.4, -0.2) is 43.5 Å². The lowest BCUT2D eigenvalue weighted by Crippen LogP contribution is -2.55. The summed E-state index contributed by atoms with van der Waals surface area (Å²) < 4.78 is 28.0. The monoisotopic (exact) mass is 422 g/mol. The van der Waals surface area contributed by atoms with Crippen molar-refractivity contribution in [3.8, 4) is 0 Å². The molecule has 2 heterocycles. The Hall–Kier alpha value is -1.41. The highest BCUT2D eigenvalue weighted by Crippen LogP contribution is 2.30. The van der Waals surface area contributed by atoms with Crippen LogP contribution in [0.1, 0.15) is 39.7 Å². The lowest BCUT2D eigenvalue weighted by Gasteiger charge is -2.43. The van der Waals surface area contributed by atoms with E-state index in [1.165, 1.54) is 11.3 Å². The molecule has 154 valence electrons. The van der Waals surface area contributed by atoms with Crippen LogP contribution in [0, 0.1) is 5.92 Å². The van der Waals surface area contributed by atoms with Gasteiger partial charge in [0.05, 0.1) is 5.60 Å². The van der Waals surface area contributed by atoms with Crippen molar-refractivity contribution in [3.05, 3.63) is 47.3 Å². The Morgan fingerprint density at radius 3 is 2.39 bits per heavy atom. The van der Waals surface area contributed by atoms with E-state index in [0.29, 0.717) is 29.8 Å². The second kappa shape index (κ2) is 8.14. The molecular formula is C21H30N2O3S2. The topological polar surface area (TPSA) is 60.9 Å². The van der Waals surface area contributed by atoms with E-state index in [4.69, 9.17) is 0 Å². The smallest absolute Gasteiger partial charge is 0.252 e. The molecule has 1 fully saturated rings. The number of benzene rings is 1. The molecule has 28 heavy (non-hydrogen) atoms. The maximum Gasteiger partial charge on any atom is 0.252 e. The molecule has 1 atom stereocenters. The fourth-order valence-corrected chi connectivity index (χ4v) is 6.34. The van der Waals surface area contributed by atoms with Gasteiger partial charge in [0.15, 0.2) is 0 Å². The minimum absolute atomic E-state index is 0.122. The lowest BCUT2D eigenvalue weighted by molar-refractivity contribution is 0.0786. The van der Waals surface area contributed by atoms with E-state index >= 15 is 0 Å². The molecule has 0 aliphatic carbocycles. The summed E-state index contributed by atoms with van der Waals surface area (Å²) in [5.41, 5.74) is 1.07. The van der Waals surface area contributed by atoms with Crippen molar-refractivity contribution in [1.82, 2.24) is 4.31 Å². The van der Waals surface area contributed by atoms with Crippen LogP contribution < -0.4 is 4.90 Å². The minimum atomic E-state index is -3.43. The van der Waals surface area contributed by atoms with E-state index in [1.54, 1.807) is 35.7 Å². The lowest BCUT2D eigenvalue weighted by atomic mass is 9.97. The van der Waals surface area contributed by atoms with Gasteiger partial charge in [-0.25, -0.2) is 8.42 Å². The van der Waals surface area contributed by atoms with Crippen molar-refractivity contribution in [2.45, 2.75) is 50.0 Å². The quantitative estimate of drug-likeness (QED) is 0.767. The zero-order valence-electron chi connectivity index (χ0n) is 17.0.